The summed E-state index contributed by atoms with van der Waals surface area (Å²) in [4.78, 5) is 29.7. The van der Waals surface area contributed by atoms with Crippen molar-refractivity contribution in [2.24, 2.45) is 5.92 Å². The number of urea groups is 1. The molecule has 1 aromatic rings. The van der Waals surface area contributed by atoms with Crippen LogP contribution in [0.5, 0.6) is 5.75 Å². The number of methoxy groups -OCH3 is 1. The summed E-state index contributed by atoms with van der Waals surface area (Å²) < 4.78 is 5.54. The van der Waals surface area contributed by atoms with Crippen molar-refractivity contribution in [3.05, 3.63) is 29.3 Å². The zero-order valence-electron chi connectivity index (χ0n) is 18.9. The highest BCUT2D eigenvalue weighted by Gasteiger charge is 2.74. The Morgan fingerprint density at radius 3 is 2.65 bits per heavy atom. The fraction of sp³-hybridized carbons (Fsp3) is 0.667. The Morgan fingerprint density at radius 1 is 1.23 bits per heavy atom. The van der Waals surface area contributed by atoms with E-state index in [1.165, 1.54) is 4.90 Å². The third-order valence-electron chi connectivity index (χ3n) is 8.70. The van der Waals surface area contributed by atoms with Crippen molar-refractivity contribution in [1.29, 1.82) is 0 Å². The molecule has 1 aromatic carbocycles. The van der Waals surface area contributed by atoms with Crippen molar-refractivity contribution < 1.29 is 19.4 Å². The lowest BCUT2D eigenvalue weighted by Gasteiger charge is -2.57. The molecule has 0 radical (unpaired) electrons. The molecule has 5 atom stereocenters. The van der Waals surface area contributed by atoms with Crippen LogP contribution in [0.15, 0.2) is 18.2 Å². The highest BCUT2D eigenvalue weighted by molar-refractivity contribution is 6.07. The number of benzene rings is 1. The number of fused-ring (bicyclic) bond motifs is 3. The van der Waals surface area contributed by atoms with Gasteiger partial charge in [-0.05, 0) is 75.3 Å². The molecule has 7 nitrogen and oxygen atoms in total. The predicted octanol–water partition coefficient (Wildman–Crippen LogP) is 2.19. The second-order valence-corrected chi connectivity index (χ2v) is 9.92. The van der Waals surface area contributed by atoms with Gasteiger partial charge in [0.25, 0.3) is 5.91 Å². The first-order chi connectivity index (χ1) is 14.7. The van der Waals surface area contributed by atoms with Crippen LogP contribution in [0, 0.1) is 12.8 Å². The summed E-state index contributed by atoms with van der Waals surface area (Å²) in [6.45, 7) is 8.27. The number of rotatable bonds is 4. The van der Waals surface area contributed by atoms with Gasteiger partial charge in [0, 0.05) is 24.5 Å². The maximum atomic E-state index is 13.4. The van der Waals surface area contributed by atoms with E-state index in [9.17, 15) is 14.7 Å². The average molecular weight is 428 g/mol. The van der Waals surface area contributed by atoms with Crippen LogP contribution in [0.3, 0.4) is 0 Å². The number of ether oxygens (including phenoxy) is 1. The maximum absolute atomic E-state index is 13.4. The molecule has 31 heavy (non-hydrogen) atoms. The standard InChI is InChI=1S/C24H33N3O4/c1-5-26-13-16-12-22(18-11-17(31-4)8-7-15(18)3)14-23(9-10-24(22,30)19(16)26)20(28)27(6-2)21(29)25-23/h7-8,11,16,19,30H,5-6,9-10,12-14H2,1-4H3,(H,25,29). The third kappa shape index (κ3) is 2.47. The number of hydrogen-bond acceptors (Lipinski definition) is 5. The van der Waals surface area contributed by atoms with E-state index in [0.29, 0.717) is 31.7 Å². The fourth-order valence-electron chi connectivity index (χ4n) is 7.33. The smallest absolute Gasteiger partial charge is 0.325 e. The van der Waals surface area contributed by atoms with Crippen LogP contribution < -0.4 is 10.1 Å². The van der Waals surface area contributed by atoms with Crippen LogP contribution >= 0.6 is 0 Å². The molecule has 168 valence electrons. The molecule has 5 rings (SSSR count). The largest absolute Gasteiger partial charge is 0.497 e. The van der Waals surface area contributed by atoms with Crippen molar-refractivity contribution in [3.8, 4) is 5.75 Å². The first-order valence-corrected chi connectivity index (χ1v) is 11.5. The number of imide groups is 1. The predicted molar refractivity (Wildman–Crippen MR) is 116 cm³/mol. The maximum Gasteiger partial charge on any atom is 0.325 e. The topological polar surface area (TPSA) is 82.1 Å². The zero-order chi connectivity index (χ0) is 22.2. The van der Waals surface area contributed by atoms with Crippen molar-refractivity contribution in [3.63, 3.8) is 0 Å². The van der Waals surface area contributed by atoms with Gasteiger partial charge in [-0.25, -0.2) is 4.79 Å². The number of aliphatic hydroxyl groups is 1. The molecule has 4 fully saturated rings. The SMILES string of the molecule is CCN1C(=O)NC2(CCC3(O)C4C(CN4CC)CC3(c3cc(OC)ccc3C)C2)C1=O. The van der Waals surface area contributed by atoms with Gasteiger partial charge in [-0.15, -0.1) is 0 Å². The summed E-state index contributed by atoms with van der Waals surface area (Å²) in [5.41, 5.74) is -0.370. The summed E-state index contributed by atoms with van der Waals surface area (Å²) in [5, 5.41) is 15.4. The molecular formula is C24H33N3O4. The third-order valence-corrected chi connectivity index (χ3v) is 8.70. The van der Waals surface area contributed by atoms with Gasteiger partial charge in [-0.1, -0.05) is 13.0 Å². The normalized spacial score (nSPS) is 39.3. The number of carbonyl (C=O) groups excluding carboxylic acids is 2. The van der Waals surface area contributed by atoms with E-state index in [-0.39, 0.29) is 18.0 Å². The lowest BCUT2D eigenvalue weighted by atomic mass is 9.55. The Morgan fingerprint density at radius 2 is 2.00 bits per heavy atom. The lowest BCUT2D eigenvalue weighted by molar-refractivity contribution is -0.150. The van der Waals surface area contributed by atoms with Crippen LogP contribution in [0.4, 0.5) is 4.79 Å². The summed E-state index contributed by atoms with van der Waals surface area (Å²) in [6.07, 6.45) is 2.20. The van der Waals surface area contributed by atoms with Gasteiger partial charge in [0.2, 0.25) is 0 Å². The van der Waals surface area contributed by atoms with E-state index in [4.69, 9.17) is 4.74 Å². The van der Waals surface area contributed by atoms with Gasteiger partial charge in [0.05, 0.1) is 12.7 Å². The Bertz CT molecular complexity index is 951. The zero-order valence-corrected chi connectivity index (χ0v) is 18.9. The summed E-state index contributed by atoms with van der Waals surface area (Å²) in [6, 6.07) is 5.80. The summed E-state index contributed by atoms with van der Waals surface area (Å²) in [5.74, 6) is 0.995. The molecule has 2 heterocycles. The molecular weight excluding hydrogens is 394 g/mol. The molecule has 1 spiro atoms. The summed E-state index contributed by atoms with van der Waals surface area (Å²) >= 11 is 0. The monoisotopic (exact) mass is 427 g/mol. The molecule has 0 bridgehead atoms. The van der Waals surface area contributed by atoms with Crippen molar-refractivity contribution >= 4 is 11.9 Å². The molecule has 2 saturated carbocycles. The highest BCUT2D eigenvalue weighted by atomic mass is 16.5. The second-order valence-electron chi connectivity index (χ2n) is 9.92. The van der Waals surface area contributed by atoms with Crippen LogP contribution in [0.2, 0.25) is 0 Å². The Kier molecular flexibility index (Phi) is 4.48. The van der Waals surface area contributed by atoms with Crippen molar-refractivity contribution in [2.45, 2.75) is 69.1 Å². The highest BCUT2D eigenvalue weighted by Crippen LogP contribution is 2.65. The minimum atomic E-state index is -0.949. The summed E-state index contributed by atoms with van der Waals surface area (Å²) in [7, 11) is 1.65. The first kappa shape index (κ1) is 20.8. The van der Waals surface area contributed by atoms with Gasteiger partial charge < -0.3 is 15.2 Å². The lowest BCUT2D eigenvalue weighted by Crippen LogP contribution is -2.70. The van der Waals surface area contributed by atoms with E-state index in [2.05, 4.69) is 24.1 Å². The molecule has 4 aliphatic rings. The van der Waals surface area contributed by atoms with Gasteiger partial charge in [0.15, 0.2) is 0 Å². The van der Waals surface area contributed by atoms with Gasteiger partial charge in [0.1, 0.15) is 11.3 Å². The number of nitrogens with zero attached hydrogens (tertiary/aromatic N) is 2. The fourth-order valence-corrected chi connectivity index (χ4v) is 7.33. The Labute approximate surface area is 183 Å². The molecule has 2 aliphatic heterocycles. The number of nitrogens with one attached hydrogen (secondary N) is 1. The number of likely N-dealkylation sites (N-methyl/N-ethyl adjacent to an activating group) is 2. The first-order valence-electron chi connectivity index (χ1n) is 11.5. The molecule has 2 aliphatic carbocycles. The van der Waals surface area contributed by atoms with E-state index < -0.39 is 16.6 Å². The number of carbonyl (C=O) groups is 2. The Hall–Kier alpha value is -2.12. The van der Waals surface area contributed by atoms with Crippen LogP contribution in [-0.2, 0) is 10.2 Å². The number of aryl methyl sites for hydroxylation is 1. The van der Waals surface area contributed by atoms with E-state index in [1.807, 2.05) is 25.1 Å². The van der Waals surface area contributed by atoms with E-state index >= 15 is 0 Å². The molecule has 2 N–H and O–H groups in total. The van der Waals surface area contributed by atoms with Crippen LogP contribution in [0.25, 0.3) is 0 Å². The molecule has 3 amide bonds. The van der Waals surface area contributed by atoms with Gasteiger partial charge >= 0.3 is 6.03 Å². The quantitative estimate of drug-likeness (QED) is 0.720. The average Bonchev–Trinajstić information content (AvgIpc) is 3.08. The van der Waals surface area contributed by atoms with Crippen LogP contribution in [0.1, 0.15) is 50.7 Å². The minimum Gasteiger partial charge on any atom is -0.497 e. The molecule has 2 saturated heterocycles. The number of likely N-dealkylation sites (tertiary alicyclic amines) is 1. The van der Waals surface area contributed by atoms with E-state index in [1.54, 1.807) is 7.11 Å². The molecule has 5 unspecified atom stereocenters. The number of amides is 3. The Balaban J connectivity index is 1.67. The second kappa shape index (κ2) is 6.69. The number of hydrogen-bond donors (Lipinski definition) is 2. The van der Waals surface area contributed by atoms with Gasteiger partial charge in [-0.3, -0.25) is 14.6 Å². The van der Waals surface area contributed by atoms with E-state index in [0.717, 1.165) is 36.4 Å². The molecule has 7 heteroatoms. The molecule has 0 aromatic heterocycles. The minimum absolute atomic E-state index is 0.0925. The van der Waals surface area contributed by atoms with Crippen molar-refractivity contribution in [1.82, 2.24) is 15.1 Å². The van der Waals surface area contributed by atoms with Gasteiger partial charge in [-0.2, -0.15) is 0 Å². The van der Waals surface area contributed by atoms with Crippen molar-refractivity contribution in [2.75, 3.05) is 26.7 Å². The van der Waals surface area contributed by atoms with Crippen LogP contribution in [-0.4, -0.2) is 70.8 Å².